The lowest BCUT2D eigenvalue weighted by Gasteiger charge is -2.38. The van der Waals surface area contributed by atoms with Crippen molar-refractivity contribution in [1.29, 1.82) is 0 Å². The molecule has 3 nitrogen and oxygen atoms in total. The summed E-state index contributed by atoms with van der Waals surface area (Å²) in [7, 11) is 1.96. The number of hydrogen-bond acceptors (Lipinski definition) is 2. The molecule has 0 unspecified atom stereocenters. The number of rotatable bonds is 4. The van der Waals surface area contributed by atoms with Crippen LogP contribution in [0.1, 0.15) is 31.9 Å². The Morgan fingerprint density at radius 1 is 1.53 bits per heavy atom. The summed E-state index contributed by atoms with van der Waals surface area (Å²) in [6.07, 6.45) is 6.15. The van der Waals surface area contributed by atoms with E-state index < -0.39 is 0 Å². The van der Waals surface area contributed by atoms with Crippen molar-refractivity contribution in [3.05, 3.63) is 18.0 Å². The molecule has 0 saturated heterocycles. The van der Waals surface area contributed by atoms with Crippen LogP contribution in [-0.4, -0.2) is 16.3 Å². The van der Waals surface area contributed by atoms with E-state index in [0.29, 0.717) is 5.41 Å². The SMILES string of the molecule is Cl.Cn1ccc(CNCC2(C)CCC2)n1. The molecule has 1 aliphatic carbocycles. The van der Waals surface area contributed by atoms with Gasteiger partial charge in [0.2, 0.25) is 0 Å². The van der Waals surface area contributed by atoms with Crippen LogP contribution in [0.25, 0.3) is 0 Å². The van der Waals surface area contributed by atoms with Crippen LogP contribution in [0.3, 0.4) is 0 Å². The van der Waals surface area contributed by atoms with E-state index in [1.807, 2.05) is 17.9 Å². The lowest BCUT2D eigenvalue weighted by Crippen LogP contribution is -2.37. The normalized spacial score (nSPS) is 18.0. The summed E-state index contributed by atoms with van der Waals surface area (Å²) in [6, 6.07) is 2.07. The van der Waals surface area contributed by atoms with E-state index in [0.717, 1.165) is 18.8 Å². The summed E-state index contributed by atoms with van der Waals surface area (Å²) in [5.41, 5.74) is 1.70. The van der Waals surface area contributed by atoms with E-state index in [2.05, 4.69) is 23.4 Å². The summed E-state index contributed by atoms with van der Waals surface area (Å²) in [4.78, 5) is 0. The zero-order chi connectivity index (χ0) is 10.0. The zero-order valence-electron chi connectivity index (χ0n) is 9.49. The maximum atomic E-state index is 4.33. The highest BCUT2D eigenvalue weighted by Crippen LogP contribution is 2.39. The molecule has 0 amide bonds. The average Bonchev–Trinajstić information content (AvgIpc) is 2.49. The molecule has 0 atom stereocenters. The Balaban J connectivity index is 0.00000112. The minimum atomic E-state index is 0. The van der Waals surface area contributed by atoms with Crippen LogP contribution < -0.4 is 5.32 Å². The first-order chi connectivity index (χ1) is 6.68. The molecule has 1 fully saturated rings. The summed E-state index contributed by atoms with van der Waals surface area (Å²) < 4.78 is 1.85. The van der Waals surface area contributed by atoms with Gasteiger partial charge in [0.05, 0.1) is 5.69 Å². The second-order valence-corrected chi connectivity index (χ2v) is 4.75. The maximum absolute atomic E-state index is 4.33. The van der Waals surface area contributed by atoms with Crippen LogP contribution in [0.5, 0.6) is 0 Å². The Labute approximate surface area is 97.7 Å². The molecule has 1 aromatic heterocycles. The Bertz CT molecular complexity index is 305. The first kappa shape index (κ1) is 12.5. The van der Waals surface area contributed by atoms with Gasteiger partial charge in [-0.05, 0) is 24.3 Å². The van der Waals surface area contributed by atoms with Gasteiger partial charge < -0.3 is 5.32 Å². The number of nitrogens with one attached hydrogen (secondary N) is 1. The van der Waals surface area contributed by atoms with E-state index >= 15 is 0 Å². The van der Waals surface area contributed by atoms with Crippen LogP contribution >= 0.6 is 12.4 Å². The predicted molar refractivity (Wildman–Crippen MR) is 64.1 cm³/mol. The minimum Gasteiger partial charge on any atom is -0.311 e. The molecule has 0 bridgehead atoms. The molecular formula is C11H20ClN3. The third-order valence-electron chi connectivity index (χ3n) is 3.19. The molecule has 1 N–H and O–H groups in total. The summed E-state index contributed by atoms with van der Waals surface area (Å²) in [5.74, 6) is 0. The Morgan fingerprint density at radius 2 is 2.27 bits per heavy atom. The molecule has 0 spiro atoms. The number of halogens is 1. The van der Waals surface area contributed by atoms with Crippen molar-refractivity contribution < 1.29 is 0 Å². The molecule has 2 rings (SSSR count). The molecule has 86 valence electrons. The van der Waals surface area contributed by atoms with Crippen molar-refractivity contribution in [2.45, 2.75) is 32.7 Å². The largest absolute Gasteiger partial charge is 0.311 e. The molecule has 1 aromatic rings. The Morgan fingerprint density at radius 3 is 2.73 bits per heavy atom. The molecule has 1 heterocycles. The summed E-state index contributed by atoms with van der Waals surface area (Å²) in [6.45, 7) is 4.39. The van der Waals surface area contributed by atoms with Crippen LogP contribution in [0.15, 0.2) is 12.3 Å². The molecule has 1 aliphatic rings. The third-order valence-corrected chi connectivity index (χ3v) is 3.19. The van der Waals surface area contributed by atoms with E-state index in [1.165, 1.54) is 19.3 Å². The smallest absolute Gasteiger partial charge is 0.0762 e. The van der Waals surface area contributed by atoms with Gasteiger partial charge in [-0.15, -0.1) is 12.4 Å². The van der Waals surface area contributed by atoms with Gasteiger partial charge >= 0.3 is 0 Å². The number of aryl methyl sites for hydroxylation is 1. The van der Waals surface area contributed by atoms with Crippen molar-refractivity contribution in [3.8, 4) is 0 Å². The summed E-state index contributed by atoms with van der Waals surface area (Å²) >= 11 is 0. The van der Waals surface area contributed by atoms with Gasteiger partial charge in [-0.3, -0.25) is 4.68 Å². The minimum absolute atomic E-state index is 0. The first-order valence-electron chi connectivity index (χ1n) is 5.37. The molecular weight excluding hydrogens is 210 g/mol. The van der Waals surface area contributed by atoms with Crippen molar-refractivity contribution >= 4 is 12.4 Å². The van der Waals surface area contributed by atoms with E-state index in [1.54, 1.807) is 0 Å². The van der Waals surface area contributed by atoms with Crippen LogP contribution in [0.4, 0.5) is 0 Å². The number of hydrogen-bond donors (Lipinski definition) is 1. The highest BCUT2D eigenvalue weighted by molar-refractivity contribution is 5.85. The molecule has 0 aromatic carbocycles. The molecule has 15 heavy (non-hydrogen) atoms. The fourth-order valence-electron chi connectivity index (χ4n) is 2.01. The fourth-order valence-corrected chi connectivity index (χ4v) is 2.01. The van der Waals surface area contributed by atoms with E-state index in [-0.39, 0.29) is 12.4 Å². The van der Waals surface area contributed by atoms with Gasteiger partial charge in [0.1, 0.15) is 0 Å². The van der Waals surface area contributed by atoms with Crippen molar-refractivity contribution in [1.82, 2.24) is 15.1 Å². The Hall–Kier alpha value is -0.540. The van der Waals surface area contributed by atoms with Gasteiger partial charge in [0, 0.05) is 26.3 Å². The lowest BCUT2D eigenvalue weighted by molar-refractivity contribution is 0.156. The standard InChI is InChI=1S/C11H19N3.ClH/c1-11(5-3-6-11)9-12-8-10-4-7-14(2)13-10;/h4,7,12H,3,5-6,8-9H2,1-2H3;1H. The molecule has 1 saturated carbocycles. The van der Waals surface area contributed by atoms with Gasteiger partial charge in [0.15, 0.2) is 0 Å². The molecule has 0 radical (unpaired) electrons. The van der Waals surface area contributed by atoms with Crippen LogP contribution in [0.2, 0.25) is 0 Å². The third kappa shape index (κ3) is 3.21. The predicted octanol–water partition coefficient (Wildman–Crippen LogP) is 2.12. The van der Waals surface area contributed by atoms with Gasteiger partial charge in [-0.1, -0.05) is 13.3 Å². The summed E-state index contributed by atoms with van der Waals surface area (Å²) in [5, 5.41) is 7.81. The topological polar surface area (TPSA) is 29.9 Å². The molecule has 4 heteroatoms. The first-order valence-corrected chi connectivity index (χ1v) is 5.37. The molecule has 0 aliphatic heterocycles. The van der Waals surface area contributed by atoms with Crippen molar-refractivity contribution in [2.75, 3.05) is 6.54 Å². The monoisotopic (exact) mass is 229 g/mol. The lowest BCUT2D eigenvalue weighted by atomic mass is 9.70. The van der Waals surface area contributed by atoms with E-state index in [4.69, 9.17) is 0 Å². The average molecular weight is 230 g/mol. The quantitative estimate of drug-likeness (QED) is 0.857. The Kier molecular flexibility index (Phi) is 4.17. The zero-order valence-corrected chi connectivity index (χ0v) is 10.3. The highest BCUT2D eigenvalue weighted by atomic mass is 35.5. The van der Waals surface area contributed by atoms with Gasteiger partial charge in [-0.25, -0.2) is 0 Å². The van der Waals surface area contributed by atoms with Gasteiger partial charge in [0.25, 0.3) is 0 Å². The fraction of sp³-hybridized carbons (Fsp3) is 0.727. The highest BCUT2D eigenvalue weighted by Gasteiger charge is 2.30. The second kappa shape index (κ2) is 4.99. The van der Waals surface area contributed by atoms with Gasteiger partial charge in [-0.2, -0.15) is 5.10 Å². The van der Waals surface area contributed by atoms with Crippen molar-refractivity contribution in [3.63, 3.8) is 0 Å². The van der Waals surface area contributed by atoms with Crippen molar-refractivity contribution in [2.24, 2.45) is 12.5 Å². The van der Waals surface area contributed by atoms with Crippen LogP contribution in [0, 0.1) is 5.41 Å². The number of nitrogens with zero attached hydrogens (tertiary/aromatic N) is 2. The number of aromatic nitrogens is 2. The maximum Gasteiger partial charge on any atom is 0.0762 e. The van der Waals surface area contributed by atoms with E-state index in [9.17, 15) is 0 Å². The van der Waals surface area contributed by atoms with Crippen LogP contribution in [-0.2, 0) is 13.6 Å². The second-order valence-electron chi connectivity index (χ2n) is 4.75.